The second-order valence-corrected chi connectivity index (χ2v) is 5.18. The molecule has 98 valence electrons. The summed E-state index contributed by atoms with van der Waals surface area (Å²) in [5.74, 6) is 0.418. The van der Waals surface area contributed by atoms with E-state index in [0.717, 1.165) is 13.1 Å². The van der Waals surface area contributed by atoms with Crippen LogP contribution in [0.4, 0.5) is 10.1 Å². The molecule has 2 atom stereocenters. The Bertz CT molecular complexity index is 405. The number of quaternary nitrogens is 1. The molecule has 1 aromatic carbocycles. The van der Waals surface area contributed by atoms with Crippen molar-refractivity contribution in [3.05, 3.63) is 30.1 Å². The summed E-state index contributed by atoms with van der Waals surface area (Å²) in [4.78, 5) is 13.2. The third-order valence-corrected chi connectivity index (χ3v) is 3.40. The van der Waals surface area contributed by atoms with Crippen LogP contribution in [0.2, 0.25) is 0 Å². The van der Waals surface area contributed by atoms with Crippen molar-refractivity contribution < 1.29 is 14.1 Å². The Morgan fingerprint density at radius 1 is 1.44 bits per heavy atom. The Kier molecular flexibility index (Phi) is 4.31. The minimum atomic E-state index is -0.288. The van der Waals surface area contributed by atoms with E-state index in [1.807, 2.05) is 0 Å². The van der Waals surface area contributed by atoms with Crippen molar-refractivity contribution in [3.63, 3.8) is 0 Å². The highest BCUT2D eigenvalue weighted by Gasteiger charge is 2.21. The molecule has 18 heavy (non-hydrogen) atoms. The number of hydrogen-bond acceptors (Lipinski definition) is 1. The Morgan fingerprint density at radius 3 is 2.83 bits per heavy atom. The van der Waals surface area contributed by atoms with E-state index in [2.05, 4.69) is 12.2 Å². The summed E-state index contributed by atoms with van der Waals surface area (Å²) in [6.07, 6.45) is 2.46. The number of hydrogen-bond donors (Lipinski definition) is 2. The van der Waals surface area contributed by atoms with Crippen molar-refractivity contribution in [2.75, 3.05) is 25.0 Å². The molecule has 1 aliphatic heterocycles. The van der Waals surface area contributed by atoms with Crippen LogP contribution in [0.5, 0.6) is 0 Å². The molecule has 2 rings (SSSR count). The standard InChI is InChI=1S/C14H19FN2O/c1-11-3-2-8-17(9-11)10-14(18)16-13-6-4-12(15)5-7-13/h4-7,11H,2-3,8-10H2,1H3,(H,16,18)/p+1/t11-/m0/s1. The number of rotatable bonds is 3. The summed E-state index contributed by atoms with van der Waals surface area (Å²) >= 11 is 0. The molecule has 1 aliphatic rings. The van der Waals surface area contributed by atoms with Crippen LogP contribution in [0.1, 0.15) is 19.8 Å². The zero-order chi connectivity index (χ0) is 13.0. The highest BCUT2D eigenvalue weighted by atomic mass is 19.1. The second-order valence-electron chi connectivity index (χ2n) is 5.18. The molecule has 0 bridgehead atoms. The molecule has 1 saturated heterocycles. The van der Waals surface area contributed by atoms with Crippen LogP contribution in [-0.2, 0) is 4.79 Å². The molecule has 0 aliphatic carbocycles. The lowest BCUT2D eigenvalue weighted by molar-refractivity contribution is -0.900. The molecule has 0 radical (unpaired) electrons. The Balaban J connectivity index is 1.83. The zero-order valence-corrected chi connectivity index (χ0v) is 10.7. The van der Waals surface area contributed by atoms with Gasteiger partial charge in [0.1, 0.15) is 5.82 Å². The first-order valence-corrected chi connectivity index (χ1v) is 6.52. The van der Waals surface area contributed by atoms with Crippen LogP contribution in [-0.4, -0.2) is 25.5 Å². The quantitative estimate of drug-likeness (QED) is 0.828. The van der Waals surface area contributed by atoms with E-state index in [0.29, 0.717) is 18.2 Å². The van der Waals surface area contributed by atoms with E-state index in [4.69, 9.17) is 0 Å². The van der Waals surface area contributed by atoms with Crippen LogP contribution in [0, 0.1) is 11.7 Å². The van der Waals surface area contributed by atoms with Gasteiger partial charge in [0.25, 0.3) is 5.91 Å². The molecule has 2 N–H and O–H groups in total. The van der Waals surface area contributed by atoms with E-state index in [9.17, 15) is 9.18 Å². The van der Waals surface area contributed by atoms with Crippen molar-refractivity contribution >= 4 is 11.6 Å². The fourth-order valence-corrected chi connectivity index (χ4v) is 2.52. The molecule has 1 heterocycles. The van der Waals surface area contributed by atoms with Gasteiger partial charge in [0.15, 0.2) is 6.54 Å². The highest BCUT2D eigenvalue weighted by Crippen LogP contribution is 2.08. The molecule has 1 amide bonds. The number of nitrogens with one attached hydrogen (secondary N) is 2. The van der Waals surface area contributed by atoms with Crippen LogP contribution in [0.3, 0.4) is 0 Å². The van der Waals surface area contributed by atoms with Gasteiger partial charge in [0, 0.05) is 11.6 Å². The molecule has 0 aromatic heterocycles. The van der Waals surface area contributed by atoms with E-state index < -0.39 is 0 Å². The number of benzene rings is 1. The summed E-state index contributed by atoms with van der Waals surface area (Å²) < 4.78 is 12.7. The molecule has 0 saturated carbocycles. The maximum atomic E-state index is 12.7. The predicted molar refractivity (Wildman–Crippen MR) is 69.0 cm³/mol. The SMILES string of the molecule is C[C@H]1CCC[NH+](CC(=O)Nc2ccc(F)cc2)C1. The van der Waals surface area contributed by atoms with Gasteiger partial charge in [0.2, 0.25) is 0 Å². The molecule has 0 spiro atoms. The van der Waals surface area contributed by atoms with Crippen molar-refractivity contribution in [1.29, 1.82) is 0 Å². The third kappa shape index (κ3) is 3.81. The van der Waals surface area contributed by atoms with Gasteiger partial charge in [-0.05, 0) is 37.1 Å². The number of halogens is 1. The smallest absolute Gasteiger partial charge is 0.279 e. The number of amides is 1. The number of carbonyl (C=O) groups excluding carboxylic acids is 1. The van der Waals surface area contributed by atoms with Crippen LogP contribution in [0.15, 0.2) is 24.3 Å². The van der Waals surface area contributed by atoms with Crippen molar-refractivity contribution in [2.45, 2.75) is 19.8 Å². The van der Waals surface area contributed by atoms with Gasteiger partial charge in [-0.1, -0.05) is 6.92 Å². The molecule has 1 aromatic rings. The first kappa shape index (κ1) is 13.0. The monoisotopic (exact) mass is 251 g/mol. The maximum Gasteiger partial charge on any atom is 0.279 e. The van der Waals surface area contributed by atoms with Crippen LogP contribution >= 0.6 is 0 Å². The highest BCUT2D eigenvalue weighted by molar-refractivity contribution is 5.91. The number of anilines is 1. The van der Waals surface area contributed by atoms with Crippen molar-refractivity contribution in [3.8, 4) is 0 Å². The van der Waals surface area contributed by atoms with E-state index in [-0.39, 0.29) is 11.7 Å². The summed E-state index contributed by atoms with van der Waals surface area (Å²) in [7, 11) is 0. The average Bonchev–Trinajstić information content (AvgIpc) is 2.32. The Labute approximate surface area is 107 Å². The maximum absolute atomic E-state index is 12.7. The second kappa shape index (κ2) is 5.96. The molecular weight excluding hydrogens is 231 g/mol. The van der Waals surface area contributed by atoms with Gasteiger partial charge in [-0.25, -0.2) is 4.39 Å². The van der Waals surface area contributed by atoms with Gasteiger partial charge in [-0.15, -0.1) is 0 Å². The largest absolute Gasteiger partial charge is 0.327 e. The van der Waals surface area contributed by atoms with Crippen LogP contribution < -0.4 is 10.2 Å². The fraction of sp³-hybridized carbons (Fsp3) is 0.500. The van der Waals surface area contributed by atoms with Gasteiger partial charge in [-0.3, -0.25) is 4.79 Å². The number of carbonyl (C=O) groups is 1. The molecule has 1 unspecified atom stereocenters. The molecular formula is C14H20FN2O+. The summed E-state index contributed by atoms with van der Waals surface area (Å²) in [6.45, 7) is 4.87. The minimum Gasteiger partial charge on any atom is -0.327 e. The Morgan fingerprint density at radius 2 is 2.17 bits per heavy atom. The summed E-state index contributed by atoms with van der Waals surface area (Å²) in [6, 6.07) is 5.87. The topological polar surface area (TPSA) is 33.5 Å². The molecule has 1 fully saturated rings. The van der Waals surface area contributed by atoms with Crippen LogP contribution in [0.25, 0.3) is 0 Å². The third-order valence-electron chi connectivity index (χ3n) is 3.40. The van der Waals surface area contributed by atoms with E-state index >= 15 is 0 Å². The average molecular weight is 251 g/mol. The first-order chi connectivity index (χ1) is 8.63. The molecule has 4 heteroatoms. The molecule has 3 nitrogen and oxygen atoms in total. The Hall–Kier alpha value is -1.42. The zero-order valence-electron chi connectivity index (χ0n) is 10.7. The van der Waals surface area contributed by atoms with Gasteiger partial charge >= 0.3 is 0 Å². The normalized spacial score (nSPS) is 23.7. The lowest BCUT2D eigenvalue weighted by Gasteiger charge is -2.27. The van der Waals surface area contributed by atoms with Crippen molar-refractivity contribution in [1.82, 2.24) is 0 Å². The number of piperidine rings is 1. The van der Waals surface area contributed by atoms with E-state index in [1.54, 1.807) is 12.1 Å². The lowest BCUT2D eigenvalue weighted by atomic mass is 10.0. The van der Waals surface area contributed by atoms with Gasteiger partial charge in [0.05, 0.1) is 13.1 Å². The summed E-state index contributed by atoms with van der Waals surface area (Å²) in [5, 5.41) is 2.80. The first-order valence-electron chi connectivity index (χ1n) is 6.52. The summed E-state index contributed by atoms with van der Waals surface area (Å²) in [5.41, 5.74) is 0.658. The lowest BCUT2D eigenvalue weighted by Crippen LogP contribution is -3.14. The van der Waals surface area contributed by atoms with Gasteiger partial charge < -0.3 is 10.2 Å². The van der Waals surface area contributed by atoms with Gasteiger partial charge in [-0.2, -0.15) is 0 Å². The van der Waals surface area contributed by atoms with Crippen molar-refractivity contribution in [2.24, 2.45) is 5.92 Å². The fourth-order valence-electron chi connectivity index (χ4n) is 2.52. The minimum absolute atomic E-state index is 0.00529. The van der Waals surface area contributed by atoms with E-state index in [1.165, 1.54) is 29.9 Å². The predicted octanol–water partition coefficient (Wildman–Crippen LogP) is 1.08. The number of likely N-dealkylation sites (tertiary alicyclic amines) is 1.